The first-order valence-corrected chi connectivity index (χ1v) is 7.16. The fourth-order valence-electron chi connectivity index (χ4n) is 1.81. The number of para-hydroxylation sites is 2. The molecule has 6 heteroatoms. The Kier molecular flexibility index (Phi) is 3.54. The summed E-state index contributed by atoms with van der Waals surface area (Å²) in [6.45, 7) is 1.31. The maximum absolute atomic E-state index is 11.5. The minimum Gasteiger partial charge on any atom is -0.490 e. The van der Waals surface area contributed by atoms with Crippen LogP contribution in [-0.2, 0) is 10.0 Å². The third-order valence-electron chi connectivity index (χ3n) is 2.72. The maximum atomic E-state index is 11.5. The van der Waals surface area contributed by atoms with E-state index in [-0.39, 0.29) is 5.75 Å². The molecule has 0 radical (unpaired) electrons. The molecule has 5 nitrogen and oxygen atoms in total. The van der Waals surface area contributed by atoms with Gasteiger partial charge in [-0.2, -0.15) is 4.31 Å². The van der Waals surface area contributed by atoms with Crippen molar-refractivity contribution in [2.75, 3.05) is 31.2 Å². The molecule has 0 amide bonds. The van der Waals surface area contributed by atoms with Gasteiger partial charge in [-0.05, 0) is 18.6 Å². The van der Waals surface area contributed by atoms with E-state index in [1.54, 1.807) is 12.1 Å². The number of sulfonamides is 1. The van der Waals surface area contributed by atoms with E-state index < -0.39 is 10.0 Å². The van der Waals surface area contributed by atoms with Crippen molar-refractivity contribution < 1.29 is 13.2 Å². The molecule has 0 atom stereocenters. The number of anilines is 1. The Morgan fingerprint density at radius 3 is 2.76 bits per heavy atom. The molecule has 17 heavy (non-hydrogen) atoms. The van der Waals surface area contributed by atoms with E-state index in [9.17, 15) is 8.42 Å². The summed E-state index contributed by atoms with van der Waals surface area (Å²) in [6.07, 6.45) is 0.704. The normalized spacial score (nSPS) is 19.3. The number of nitrogens with two attached hydrogens (primary N) is 1. The first-order chi connectivity index (χ1) is 8.09. The largest absolute Gasteiger partial charge is 0.490 e. The van der Waals surface area contributed by atoms with Gasteiger partial charge in [0.2, 0.25) is 10.0 Å². The summed E-state index contributed by atoms with van der Waals surface area (Å²) in [5.74, 6) is 0.851. The number of nitrogen functional groups attached to an aromatic ring is 1. The van der Waals surface area contributed by atoms with Crippen LogP contribution in [0.15, 0.2) is 24.3 Å². The predicted octanol–water partition coefficient (Wildman–Crippen LogP) is 0.683. The highest BCUT2D eigenvalue weighted by molar-refractivity contribution is 7.89. The van der Waals surface area contributed by atoms with Gasteiger partial charge in [0, 0.05) is 13.1 Å². The van der Waals surface area contributed by atoms with E-state index in [1.165, 1.54) is 4.31 Å². The molecule has 2 N–H and O–H groups in total. The van der Waals surface area contributed by atoms with Crippen LogP contribution in [0.3, 0.4) is 0 Å². The zero-order valence-electron chi connectivity index (χ0n) is 9.50. The van der Waals surface area contributed by atoms with Crippen molar-refractivity contribution in [1.82, 2.24) is 4.31 Å². The second kappa shape index (κ2) is 4.93. The first kappa shape index (κ1) is 12.2. The lowest BCUT2D eigenvalue weighted by Gasteiger charge is -2.15. The number of rotatable bonds is 4. The van der Waals surface area contributed by atoms with Crippen molar-refractivity contribution in [2.24, 2.45) is 0 Å². The van der Waals surface area contributed by atoms with E-state index in [0.717, 1.165) is 0 Å². The highest BCUT2D eigenvalue weighted by atomic mass is 32.2. The third kappa shape index (κ3) is 2.89. The summed E-state index contributed by atoms with van der Waals surface area (Å²) in [5.41, 5.74) is 6.28. The second-order valence-electron chi connectivity index (χ2n) is 3.95. The Morgan fingerprint density at radius 1 is 1.35 bits per heavy atom. The van der Waals surface area contributed by atoms with Gasteiger partial charge in [-0.25, -0.2) is 8.42 Å². The van der Waals surface area contributed by atoms with Crippen molar-refractivity contribution in [3.05, 3.63) is 24.3 Å². The minimum atomic E-state index is -3.03. The van der Waals surface area contributed by atoms with Crippen molar-refractivity contribution >= 4 is 15.7 Å². The Morgan fingerprint density at radius 2 is 2.12 bits per heavy atom. The molecule has 0 unspecified atom stereocenters. The van der Waals surface area contributed by atoms with Crippen molar-refractivity contribution in [1.29, 1.82) is 0 Å². The Balaban J connectivity index is 1.86. The van der Waals surface area contributed by atoms with E-state index in [1.807, 2.05) is 12.1 Å². The SMILES string of the molecule is Nc1ccccc1OCCN1CCCS1(=O)=O. The lowest BCUT2D eigenvalue weighted by molar-refractivity contribution is 0.280. The second-order valence-corrected chi connectivity index (χ2v) is 6.04. The number of benzene rings is 1. The quantitative estimate of drug-likeness (QED) is 0.804. The lowest BCUT2D eigenvalue weighted by Crippen LogP contribution is -2.30. The van der Waals surface area contributed by atoms with Gasteiger partial charge in [0.05, 0.1) is 11.4 Å². The van der Waals surface area contributed by atoms with Crippen LogP contribution < -0.4 is 10.5 Å². The molecule has 0 spiro atoms. The van der Waals surface area contributed by atoms with E-state index >= 15 is 0 Å². The third-order valence-corrected chi connectivity index (χ3v) is 4.68. The van der Waals surface area contributed by atoms with Crippen LogP contribution in [0.5, 0.6) is 5.75 Å². The van der Waals surface area contributed by atoms with Crippen LogP contribution in [0.1, 0.15) is 6.42 Å². The molecule has 1 aromatic rings. The number of ether oxygens (including phenoxy) is 1. The summed E-state index contributed by atoms with van der Waals surface area (Å²) in [5, 5.41) is 0. The van der Waals surface area contributed by atoms with Gasteiger partial charge < -0.3 is 10.5 Å². The van der Waals surface area contributed by atoms with Gasteiger partial charge in [0.25, 0.3) is 0 Å². The zero-order chi connectivity index (χ0) is 12.3. The van der Waals surface area contributed by atoms with E-state index in [4.69, 9.17) is 10.5 Å². The van der Waals surface area contributed by atoms with E-state index in [0.29, 0.717) is 37.6 Å². The molecule has 1 heterocycles. The smallest absolute Gasteiger partial charge is 0.214 e. The molecule has 1 aromatic carbocycles. The van der Waals surface area contributed by atoms with Gasteiger partial charge in [0.15, 0.2) is 0 Å². The average molecular weight is 256 g/mol. The van der Waals surface area contributed by atoms with Crippen LogP contribution in [0, 0.1) is 0 Å². The van der Waals surface area contributed by atoms with Crippen molar-refractivity contribution in [2.45, 2.75) is 6.42 Å². The van der Waals surface area contributed by atoms with Gasteiger partial charge in [0.1, 0.15) is 12.4 Å². The monoisotopic (exact) mass is 256 g/mol. The molecule has 2 rings (SSSR count). The van der Waals surface area contributed by atoms with Crippen LogP contribution >= 0.6 is 0 Å². The van der Waals surface area contributed by atoms with Gasteiger partial charge in [-0.15, -0.1) is 0 Å². The highest BCUT2D eigenvalue weighted by Gasteiger charge is 2.27. The molecular weight excluding hydrogens is 240 g/mol. The number of hydrogen-bond acceptors (Lipinski definition) is 4. The summed E-state index contributed by atoms with van der Waals surface area (Å²) in [4.78, 5) is 0. The van der Waals surface area contributed by atoms with Crippen LogP contribution in [0.25, 0.3) is 0 Å². The lowest BCUT2D eigenvalue weighted by atomic mass is 10.3. The van der Waals surface area contributed by atoms with Crippen LogP contribution in [0.2, 0.25) is 0 Å². The Labute approximate surface area is 101 Å². The van der Waals surface area contributed by atoms with Crippen LogP contribution in [0.4, 0.5) is 5.69 Å². The molecule has 0 aliphatic carbocycles. The molecule has 0 aromatic heterocycles. The molecule has 1 aliphatic heterocycles. The molecule has 94 valence electrons. The predicted molar refractivity (Wildman–Crippen MR) is 66.3 cm³/mol. The summed E-state index contributed by atoms with van der Waals surface area (Å²) < 4.78 is 30.0. The molecule has 1 fully saturated rings. The van der Waals surface area contributed by atoms with Crippen molar-refractivity contribution in [3.63, 3.8) is 0 Å². The van der Waals surface area contributed by atoms with Gasteiger partial charge in [-0.3, -0.25) is 0 Å². The fourth-order valence-corrected chi connectivity index (χ4v) is 3.32. The highest BCUT2D eigenvalue weighted by Crippen LogP contribution is 2.20. The molecule has 0 saturated carbocycles. The zero-order valence-corrected chi connectivity index (χ0v) is 10.3. The summed E-state index contributed by atoms with van der Waals surface area (Å²) >= 11 is 0. The topological polar surface area (TPSA) is 72.6 Å². The first-order valence-electron chi connectivity index (χ1n) is 5.55. The van der Waals surface area contributed by atoms with Crippen molar-refractivity contribution in [3.8, 4) is 5.75 Å². The average Bonchev–Trinajstić information content (AvgIpc) is 2.61. The Bertz CT molecular complexity index is 487. The van der Waals surface area contributed by atoms with E-state index in [2.05, 4.69) is 0 Å². The molecular formula is C11H16N2O3S. The number of hydrogen-bond donors (Lipinski definition) is 1. The molecule has 0 bridgehead atoms. The minimum absolute atomic E-state index is 0.250. The van der Waals surface area contributed by atoms with Crippen LogP contribution in [-0.4, -0.2) is 38.2 Å². The summed E-state index contributed by atoms with van der Waals surface area (Å²) in [6, 6.07) is 7.18. The standard InChI is InChI=1S/C11H16N2O3S/c12-10-4-1-2-5-11(10)16-8-7-13-6-3-9-17(13,14)15/h1-2,4-5H,3,6-9,12H2. The maximum Gasteiger partial charge on any atom is 0.214 e. The fraction of sp³-hybridized carbons (Fsp3) is 0.455. The Hall–Kier alpha value is -1.27. The van der Waals surface area contributed by atoms with Gasteiger partial charge >= 0.3 is 0 Å². The molecule has 1 saturated heterocycles. The molecule has 1 aliphatic rings. The summed E-state index contributed by atoms with van der Waals surface area (Å²) in [7, 11) is -3.03. The van der Waals surface area contributed by atoms with Gasteiger partial charge in [-0.1, -0.05) is 12.1 Å². The number of nitrogens with zero attached hydrogens (tertiary/aromatic N) is 1.